The summed E-state index contributed by atoms with van der Waals surface area (Å²) in [6.45, 7) is 1.61. The van der Waals surface area contributed by atoms with E-state index in [0.717, 1.165) is 0 Å². The van der Waals surface area contributed by atoms with Crippen LogP contribution >= 0.6 is 0 Å². The van der Waals surface area contributed by atoms with Gasteiger partial charge < -0.3 is 15.4 Å². The minimum Gasteiger partial charge on any atom is -0.506 e. The molecule has 1 amide bonds. The van der Waals surface area contributed by atoms with Crippen LogP contribution in [0.1, 0.15) is 23.1 Å². The van der Waals surface area contributed by atoms with Gasteiger partial charge in [-0.2, -0.15) is 20.2 Å². The van der Waals surface area contributed by atoms with Crippen molar-refractivity contribution in [3.8, 4) is 17.8 Å². The normalized spacial score (nSPS) is 11.9. The largest absolute Gasteiger partial charge is 0.506 e. The van der Waals surface area contributed by atoms with Crippen molar-refractivity contribution in [3.63, 3.8) is 0 Å². The van der Waals surface area contributed by atoms with Gasteiger partial charge in [0.25, 0.3) is 17.4 Å². The number of benzene rings is 2. The number of nitriles is 1. The Hall–Kier alpha value is -5.77. The third-order valence-corrected chi connectivity index (χ3v) is 5.46. The number of amides is 1. The monoisotopic (exact) mass is 506 g/mol. The highest BCUT2D eigenvalue weighted by atomic mass is 16.3. The molecule has 0 fully saturated rings. The van der Waals surface area contributed by atoms with Gasteiger partial charge in [-0.3, -0.25) is 9.59 Å². The molecule has 38 heavy (non-hydrogen) atoms. The van der Waals surface area contributed by atoms with Crippen LogP contribution in [0.2, 0.25) is 0 Å². The van der Waals surface area contributed by atoms with E-state index in [-0.39, 0.29) is 34.6 Å². The number of H-pyrrole nitrogens is 1. The summed E-state index contributed by atoms with van der Waals surface area (Å²) in [5.41, 5.74) is 0.440. The second-order valence-corrected chi connectivity index (χ2v) is 7.95. The van der Waals surface area contributed by atoms with Crippen LogP contribution in [-0.2, 0) is 4.79 Å². The maximum absolute atomic E-state index is 13.4. The standard InChI is InChI=1S/C25H18N10O3/c1-14-16(13-26)22(35(34-14)25-27-11-6-12-28-25)33-32-20(24(38)30-18-9-4-5-10-19(18)36)21-29-17-8-3-2-7-15(17)23(37)31-21/h2-12,20,36H,1H3,(H,30,38)(H,29,31,37). The number of hydrogen-bond acceptors (Lipinski definition) is 10. The highest BCUT2D eigenvalue weighted by Gasteiger charge is 2.26. The molecule has 0 saturated heterocycles. The van der Waals surface area contributed by atoms with Gasteiger partial charge in [0, 0.05) is 12.4 Å². The van der Waals surface area contributed by atoms with Crippen molar-refractivity contribution in [2.45, 2.75) is 13.0 Å². The number of aromatic amines is 1. The third kappa shape index (κ3) is 4.56. The zero-order valence-electron chi connectivity index (χ0n) is 19.8. The number of azo groups is 1. The molecule has 2 aromatic carbocycles. The van der Waals surface area contributed by atoms with Gasteiger partial charge in [0.15, 0.2) is 5.82 Å². The van der Waals surface area contributed by atoms with Crippen molar-refractivity contribution in [2.75, 3.05) is 5.32 Å². The summed E-state index contributed by atoms with van der Waals surface area (Å²) in [6.07, 6.45) is 3.00. The maximum Gasteiger partial charge on any atom is 0.259 e. The number of rotatable bonds is 6. The van der Waals surface area contributed by atoms with Gasteiger partial charge in [-0.15, -0.1) is 5.11 Å². The number of anilines is 1. The molecule has 1 atom stereocenters. The molecule has 186 valence electrons. The smallest absolute Gasteiger partial charge is 0.259 e. The quantitative estimate of drug-likeness (QED) is 0.231. The summed E-state index contributed by atoms with van der Waals surface area (Å²) in [5, 5.41) is 35.4. The third-order valence-electron chi connectivity index (χ3n) is 5.46. The number of nitrogens with one attached hydrogen (secondary N) is 2. The molecule has 1 unspecified atom stereocenters. The topological polar surface area (TPSA) is 187 Å². The first kappa shape index (κ1) is 23.9. The van der Waals surface area contributed by atoms with Crippen molar-refractivity contribution in [1.29, 1.82) is 5.26 Å². The van der Waals surface area contributed by atoms with Gasteiger partial charge in [0.2, 0.25) is 6.04 Å². The number of para-hydroxylation sites is 3. The molecule has 0 aliphatic heterocycles. The molecule has 0 saturated carbocycles. The van der Waals surface area contributed by atoms with E-state index in [1.807, 2.05) is 6.07 Å². The number of carbonyl (C=O) groups excluding carboxylic acids is 1. The maximum atomic E-state index is 13.4. The molecule has 0 radical (unpaired) electrons. The van der Waals surface area contributed by atoms with Gasteiger partial charge in [0.05, 0.1) is 22.3 Å². The molecular weight excluding hydrogens is 488 g/mol. The number of phenols is 1. The van der Waals surface area contributed by atoms with Crippen LogP contribution in [0, 0.1) is 18.3 Å². The van der Waals surface area contributed by atoms with Crippen LogP contribution in [0.25, 0.3) is 16.9 Å². The van der Waals surface area contributed by atoms with Gasteiger partial charge in [-0.05, 0) is 37.3 Å². The first-order valence-electron chi connectivity index (χ1n) is 11.2. The lowest BCUT2D eigenvalue weighted by Crippen LogP contribution is -2.24. The predicted molar refractivity (Wildman–Crippen MR) is 135 cm³/mol. The van der Waals surface area contributed by atoms with Crippen LogP contribution in [0.5, 0.6) is 5.75 Å². The predicted octanol–water partition coefficient (Wildman–Crippen LogP) is 3.25. The lowest BCUT2D eigenvalue weighted by Gasteiger charge is -2.13. The molecule has 3 aromatic heterocycles. The number of fused-ring (bicyclic) bond motifs is 1. The molecule has 13 nitrogen and oxygen atoms in total. The van der Waals surface area contributed by atoms with Crippen molar-refractivity contribution < 1.29 is 9.90 Å². The van der Waals surface area contributed by atoms with Crippen molar-refractivity contribution in [3.05, 3.63) is 94.4 Å². The fraction of sp³-hybridized carbons (Fsp3) is 0.0800. The average molecular weight is 506 g/mol. The summed E-state index contributed by atoms with van der Waals surface area (Å²) >= 11 is 0. The van der Waals surface area contributed by atoms with E-state index in [1.165, 1.54) is 29.2 Å². The molecule has 0 aliphatic carbocycles. The fourth-order valence-corrected chi connectivity index (χ4v) is 3.64. The number of phenolic OH excluding ortho intramolecular Hbond substituents is 1. The van der Waals surface area contributed by atoms with E-state index in [0.29, 0.717) is 16.6 Å². The van der Waals surface area contributed by atoms with E-state index in [1.54, 1.807) is 49.4 Å². The number of nitrogens with zero attached hydrogens (tertiary/aromatic N) is 8. The molecule has 0 bridgehead atoms. The van der Waals surface area contributed by atoms with E-state index in [9.17, 15) is 20.0 Å². The SMILES string of the molecule is Cc1nn(-c2ncccn2)c(N=NC(C(=O)Nc2ccccc2O)c2nc3ccccc3c(=O)[nH]2)c1C#N. The number of aryl methyl sites for hydroxylation is 1. The molecule has 0 aliphatic rings. The Morgan fingerprint density at radius 3 is 2.63 bits per heavy atom. The Kier molecular flexibility index (Phi) is 6.35. The first-order valence-corrected chi connectivity index (χ1v) is 11.2. The average Bonchev–Trinajstić information content (AvgIpc) is 3.25. The van der Waals surface area contributed by atoms with Crippen LogP contribution in [0.15, 0.2) is 82.0 Å². The zero-order valence-corrected chi connectivity index (χ0v) is 19.8. The highest BCUT2D eigenvalue weighted by Crippen LogP contribution is 2.28. The molecule has 3 N–H and O–H groups in total. The van der Waals surface area contributed by atoms with Crippen LogP contribution in [0.3, 0.4) is 0 Å². The summed E-state index contributed by atoms with van der Waals surface area (Å²) in [6, 6.07) is 14.9. The Morgan fingerprint density at radius 1 is 1.13 bits per heavy atom. The second kappa shape index (κ2) is 10.1. The molecule has 13 heteroatoms. The van der Waals surface area contributed by atoms with Gasteiger partial charge in [-0.1, -0.05) is 24.3 Å². The summed E-state index contributed by atoms with van der Waals surface area (Å²) in [5.74, 6) is -0.884. The van der Waals surface area contributed by atoms with Crippen LogP contribution < -0.4 is 10.9 Å². The Labute approximate surface area is 214 Å². The summed E-state index contributed by atoms with van der Waals surface area (Å²) < 4.78 is 1.23. The number of aromatic nitrogens is 6. The second-order valence-electron chi connectivity index (χ2n) is 7.95. The molecule has 0 spiro atoms. The molecular formula is C25H18N10O3. The molecule has 5 rings (SSSR count). The van der Waals surface area contributed by atoms with Crippen molar-refractivity contribution in [2.24, 2.45) is 10.2 Å². The Morgan fingerprint density at radius 2 is 1.87 bits per heavy atom. The summed E-state index contributed by atoms with van der Waals surface area (Å²) in [4.78, 5) is 41.4. The van der Waals surface area contributed by atoms with Crippen LogP contribution in [-0.4, -0.2) is 40.7 Å². The van der Waals surface area contributed by atoms with Crippen LogP contribution in [0.4, 0.5) is 11.5 Å². The minimum atomic E-state index is -1.47. The Bertz CT molecular complexity index is 1790. The molecule has 5 aromatic rings. The summed E-state index contributed by atoms with van der Waals surface area (Å²) in [7, 11) is 0. The van der Waals surface area contributed by atoms with E-state index < -0.39 is 17.5 Å². The van der Waals surface area contributed by atoms with E-state index in [2.05, 4.69) is 40.6 Å². The lowest BCUT2D eigenvalue weighted by atomic mass is 10.2. The zero-order chi connectivity index (χ0) is 26.6. The lowest BCUT2D eigenvalue weighted by molar-refractivity contribution is -0.117. The highest BCUT2D eigenvalue weighted by molar-refractivity contribution is 5.96. The number of aromatic hydroxyl groups is 1. The first-order chi connectivity index (χ1) is 18.5. The Balaban J connectivity index is 1.63. The van der Waals surface area contributed by atoms with Gasteiger partial charge >= 0.3 is 0 Å². The molecule has 3 heterocycles. The van der Waals surface area contributed by atoms with Crippen molar-refractivity contribution in [1.82, 2.24) is 29.7 Å². The number of carbonyl (C=O) groups is 1. The van der Waals surface area contributed by atoms with E-state index >= 15 is 0 Å². The van der Waals surface area contributed by atoms with Gasteiger partial charge in [0.1, 0.15) is 23.2 Å². The van der Waals surface area contributed by atoms with E-state index in [4.69, 9.17) is 0 Å². The number of hydrogen-bond donors (Lipinski definition) is 3. The van der Waals surface area contributed by atoms with Crippen molar-refractivity contribution >= 4 is 28.3 Å². The van der Waals surface area contributed by atoms with Gasteiger partial charge in [-0.25, -0.2) is 15.0 Å². The minimum absolute atomic E-state index is 0.0142. The fourth-order valence-electron chi connectivity index (χ4n) is 3.64.